The lowest BCUT2D eigenvalue weighted by Gasteiger charge is -2.30. The summed E-state index contributed by atoms with van der Waals surface area (Å²) in [6.45, 7) is 4.75. The zero-order valence-corrected chi connectivity index (χ0v) is 19.7. The molecule has 1 fully saturated rings. The number of morpholine rings is 1. The van der Waals surface area contributed by atoms with E-state index in [4.69, 9.17) is 27.9 Å². The number of carbonyl (C=O) groups excluding carboxylic acids is 1. The molecule has 1 N–H and O–H groups in total. The number of anilines is 3. The zero-order chi connectivity index (χ0) is 22.6. The Labute approximate surface area is 192 Å². The van der Waals surface area contributed by atoms with Crippen molar-refractivity contribution in [3.05, 3.63) is 52.5 Å². The number of sulfonamides is 1. The quantitative estimate of drug-likeness (QED) is 0.640. The van der Waals surface area contributed by atoms with Crippen molar-refractivity contribution in [1.29, 1.82) is 0 Å². The Bertz CT molecular complexity index is 1010. The minimum Gasteiger partial charge on any atom is -0.378 e. The van der Waals surface area contributed by atoms with Gasteiger partial charge < -0.3 is 15.0 Å². The van der Waals surface area contributed by atoms with E-state index in [2.05, 4.69) is 10.2 Å². The van der Waals surface area contributed by atoms with Crippen LogP contribution in [0.4, 0.5) is 17.1 Å². The highest BCUT2D eigenvalue weighted by molar-refractivity contribution is 7.92. The van der Waals surface area contributed by atoms with E-state index >= 15 is 0 Å². The topological polar surface area (TPSA) is 79.0 Å². The van der Waals surface area contributed by atoms with E-state index in [1.165, 1.54) is 18.2 Å². The van der Waals surface area contributed by atoms with Crippen molar-refractivity contribution in [3.63, 3.8) is 0 Å². The number of halogens is 2. The normalized spacial score (nSPS) is 15.4. The molecule has 10 heteroatoms. The molecule has 1 amide bonds. The fourth-order valence-corrected chi connectivity index (χ4v) is 5.24. The molecule has 7 nitrogen and oxygen atoms in total. The van der Waals surface area contributed by atoms with Crippen LogP contribution in [0.15, 0.2) is 42.5 Å². The van der Waals surface area contributed by atoms with Gasteiger partial charge in [0.1, 0.15) is 6.04 Å². The van der Waals surface area contributed by atoms with E-state index in [-0.39, 0.29) is 22.2 Å². The summed E-state index contributed by atoms with van der Waals surface area (Å²) in [6, 6.07) is 10.9. The van der Waals surface area contributed by atoms with Crippen molar-refractivity contribution < 1.29 is 17.9 Å². The summed E-state index contributed by atoms with van der Waals surface area (Å²) in [6.07, 6.45) is 1.31. The number of nitrogens with zero attached hydrogens (tertiary/aromatic N) is 2. The van der Waals surface area contributed by atoms with Crippen LogP contribution >= 0.6 is 23.2 Å². The van der Waals surface area contributed by atoms with Gasteiger partial charge in [-0.2, -0.15) is 0 Å². The van der Waals surface area contributed by atoms with Crippen LogP contribution in [0.1, 0.15) is 13.3 Å². The fraction of sp³-hybridized carbons (Fsp3) is 0.381. The van der Waals surface area contributed by atoms with Crippen molar-refractivity contribution in [2.75, 3.05) is 47.1 Å². The van der Waals surface area contributed by atoms with E-state index in [0.29, 0.717) is 18.9 Å². The summed E-state index contributed by atoms with van der Waals surface area (Å²) in [5.41, 5.74) is 1.86. The second-order valence-electron chi connectivity index (χ2n) is 7.25. The molecule has 1 unspecified atom stereocenters. The van der Waals surface area contributed by atoms with Crippen LogP contribution in [-0.4, -0.2) is 52.9 Å². The Morgan fingerprint density at radius 3 is 2.23 bits per heavy atom. The minimum atomic E-state index is -3.78. The van der Waals surface area contributed by atoms with Gasteiger partial charge in [0.15, 0.2) is 0 Å². The molecule has 0 spiro atoms. The molecule has 31 heavy (non-hydrogen) atoms. The monoisotopic (exact) mass is 485 g/mol. The van der Waals surface area contributed by atoms with Crippen molar-refractivity contribution in [2.24, 2.45) is 0 Å². The van der Waals surface area contributed by atoms with Crippen molar-refractivity contribution in [2.45, 2.75) is 19.4 Å². The Kier molecular flexibility index (Phi) is 7.69. The van der Waals surface area contributed by atoms with Crippen LogP contribution in [-0.2, 0) is 19.6 Å². The largest absolute Gasteiger partial charge is 0.378 e. The smallest absolute Gasteiger partial charge is 0.248 e. The summed E-state index contributed by atoms with van der Waals surface area (Å²) in [5, 5.41) is 3.39. The summed E-state index contributed by atoms with van der Waals surface area (Å²) in [5.74, 6) is -0.442. The lowest BCUT2D eigenvalue weighted by Crippen LogP contribution is -2.47. The number of benzene rings is 2. The number of rotatable bonds is 7. The van der Waals surface area contributed by atoms with Crippen LogP contribution in [0.25, 0.3) is 0 Å². The summed E-state index contributed by atoms with van der Waals surface area (Å²) < 4.78 is 31.6. The predicted octanol–water partition coefficient (Wildman–Crippen LogP) is 4.01. The number of hydrogen-bond donors (Lipinski definition) is 1. The van der Waals surface area contributed by atoms with Gasteiger partial charge in [-0.05, 0) is 48.9 Å². The first kappa shape index (κ1) is 23.7. The molecule has 2 aromatic carbocycles. The SMILES string of the molecule is CCC(C(=O)Nc1ccc(N2CCOCC2)cc1)N(c1cc(Cl)cc(Cl)c1)S(C)(=O)=O. The molecule has 2 aromatic rings. The fourth-order valence-electron chi connectivity index (χ4n) is 3.53. The van der Waals surface area contributed by atoms with Crippen LogP contribution in [0.5, 0.6) is 0 Å². The van der Waals surface area contributed by atoms with Gasteiger partial charge >= 0.3 is 0 Å². The number of ether oxygens (including phenoxy) is 1. The Balaban J connectivity index is 1.81. The molecular formula is C21H25Cl2N3O4S. The molecule has 1 aliphatic rings. The average Bonchev–Trinajstić information content (AvgIpc) is 2.71. The third-order valence-corrected chi connectivity index (χ3v) is 6.56. The van der Waals surface area contributed by atoms with Gasteiger partial charge in [-0.15, -0.1) is 0 Å². The van der Waals surface area contributed by atoms with Gasteiger partial charge in [0.2, 0.25) is 15.9 Å². The molecule has 0 radical (unpaired) electrons. The summed E-state index contributed by atoms with van der Waals surface area (Å²) in [7, 11) is -3.78. The number of hydrogen-bond acceptors (Lipinski definition) is 5. The van der Waals surface area contributed by atoms with Gasteiger partial charge in [0, 0.05) is 34.5 Å². The third-order valence-electron chi connectivity index (χ3n) is 4.94. The summed E-state index contributed by atoms with van der Waals surface area (Å²) in [4.78, 5) is 15.3. The number of nitrogens with one attached hydrogen (secondary N) is 1. The molecule has 1 atom stereocenters. The molecule has 0 bridgehead atoms. The van der Waals surface area contributed by atoms with Crippen molar-refractivity contribution in [1.82, 2.24) is 0 Å². The Hall–Kier alpha value is -2.00. The maximum atomic E-state index is 13.1. The van der Waals surface area contributed by atoms with Crippen molar-refractivity contribution in [3.8, 4) is 0 Å². The zero-order valence-electron chi connectivity index (χ0n) is 17.3. The first-order chi connectivity index (χ1) is 14.7. The average molecular weight is 486 g/mol. The van der Waals surface area contributed by atoms with Gasteiger partial charge in [0.25, 0.3) is 0 Å². The predicted molar refractivity (Wildman–Crippen MR) is 126 cm³/mol. The van der Waals surface area contributed by atoms with E-state index in [0.717, 1.165) is 29.3 Å². The number of carbonyl (C=O) groups is 1. The van der Waals surface area contributed by atoms with Crippen LogP contribution in [0, 0.1) is 0 Å². The summed E-state index contributed by atoms with van der Waals surface area (Å²) >= 11 is 12.1. The number of amides is 1. The molecular weight excluding hydrogens is 461 g/mol. The third kappa shape index (κ3) is 6.04. The highest BCUT2D eigenvalue weighted by atomic mass is 35.5. The maximum absolute atomic E-state index is 13.1. The first-order valence-corrected chi connectivity index (χ1v) is 12.5. The van der Waals surface area contributed by atoms with Gasteiger partial charge in [-0.3, -0.25) is 9.10 Å². The second-order valence-corrected chi connectivity index (χ2v) is 9.98. The second kappa shape index (κ2) is 10.1. The molecule has 1 aliphatic heterocycles. The maximum Gasteiger partial charge on any atom is 0.248 e. The molecule has 168 valence electrons. The van der Waals surface area contributed by atoms with Crippen molar-refractivity contribution >= 4 is 56.2 Å². The molecule has 0 saturated carbocycles. The molecule has 0 aliphatic carbocycles. The van der Waals surface area contributed by atoms with Gasteiger partial charge in [-0.1, -0.05) is 30.1 Å². The van der Waals surface area contributed by atoms with E-state index < -0.39 is 22.0 Å². The first-order valence-electron chi connectivity index (χ1n) is 9.88. The van der Waals surface area contributed by atoms with Crippen LogP contribution in [0.2, 0.25) is 10.0 Å². The van der Waals surface area contributed by atoms with E-state index in [9.17, 15) is 13.2 Å². The van der Waals surface area contributed by atoms with Gasteiger partial charge in [0.05, 0.1) is 25.2 Å². The molecule has 0 aromatic heterocycles. The van der Waals surface area contributed by atoms with E-state index in [1.807, 2.05) is 12.1 Å². The molecule has 1 saturated heterocycles. The highest BCUT2D eigenvalue weighted by Gasteiger charge is 2.32. The van der Waals surface area contributed by atoms with E-state index in [1.54, 1.807) is 19.1 Å². The minimum absolute atomic E-state index is 0.240. The molecule has 3 rings (SSSR count). The Morgan fingerprint density at radius 2 is 1.71 bits per heavy atom. The Morgan fingerprint density at radius 1 is 1.13 bits per heavy atom. The standard InChI is InChI=1S/C21H25Cl2N3O4S/c1-3-20(26(31(2,28)29)19-13-15(22)12-16(23)14-19)21(27)24-17-4-6-18(7-5-17)25-8-10-30-11-9-25/h4-7,12-14,20H,3,8-11H2,1-2H3,(H,24,27). The molecule has 1 heterocycles. The van der Waals surface area contributed by atoms with Crippen LogP contribution < -0.4 is 14.5 Å². The lowest BCUT2D eigenvalue weighted by molar-refractivity contribution is -0.117. The van der Waals surface area contributed by atoms with Gasteiger partial charge in [-0.25, -0.2) is 8.42 Å². The van der Waals surface area contributed by atoms with Crippen LogP contribution in [0.3, 0.4) is 0 Å². The highest BCUT2D eigenvalue weighted by Crippen LogP contribution is 2.30. The lowest BCUT2D eigenvalue weighted by atomic mass is 10.1.